The number of ether oxygens (including phenoxy) is 1. The summed E-state index contributed by atoms with van der Waals surface area (Å²) in [6, 6.07) is -0.0761. The largest absolute Gasteiger partial charge is 0.480 e. The molecule has 2 rings (SSSR count). The molecular formula is C14H12Cl2F4N2O4. The van der Waals surface area contributed by atoms with E-state index in [-0.39, 0.29) is 23.8 Å². The van der Waals surface area contributed by atoms with Crippen LogP contribution in [-0.4, -0.2) is 53.7 Å². The van der Waals surface area contributed by atoms with E-state index in [2.05, 4.69) is 4.74 Å². The Morgan fingerprint density at radius 1 is 1.27 bits per heavy atom. The second-order valence-corrected chi connectivity index (χ2v) is 6.15. The van der Waals surface area contributed by atoms with Crippen LogP contribution in [0.5, 0.6) is 5.75 Å². The summed E-state index contributed by atoms with van der Waals surface area (Å²) in [6.45, 7) is 1.34. The number of carbonyl (C=O) groups is 2. The summed E-state index contributed by atoms with van der Waals surface area (Å²) in [5.41, 5.74) is -0.124. The number of benzene rings is 1. The first kappa shape index (κ1) is 20.4. The van der Waals surface area contributed by atoms with Gasteiger partial charge in [0.1, 0.15) is 11.8 Å². The molecule has 12 heteroatoms. The molecule has 1 fully saturated rings. The van der Waals surface area contributed by atoms with Crippen LogP contribution in [0.2, 0.25) is 10.0 Å². The van der Waals surface area contributed by atoms with Gasteiger partial charge >= 0.3 is 24.5 Å². The molecule has 6 nitrogen and oxygen atoms in total. The number of carboxylic acids is 1. The van der Waals surface area contributed by atoms with Crippen LogP contribution in [0, 0.1) is 0 Å². The van der Waals surface area contributed by atoms with Crippen LogP contribution in [0.25, 0.3) is 0 Å². The second kappa shape index (κ2) is 7.36. The highest BCUT2D eigenvalue weighted by Gasteiger charge is 2.45. The predicted octanol–water partition coefficient (Wildman–Crippen LogP) is 3.95. The molecule has 1 saturated heterocycles. The van der Waals surface area contributed by atoms with Crippen LogP contribution >= 0.6 is 23.2 Å². The summed E-state index contributed by atoms with van der Waals surface area (Å²) in [5.74, 6) is -2.03. The van der Waals surface area contributed by atoms with E-state index >= 15 is 0 Å². The van der Waals surface area contributed by atoms with E-state index in [1.54, 1.807) is 0 Å². The van der Waals surface area contributed by atoms with E-state index in [4.69, 9.17) is 28.3 Å². The van der Waals surface area contributed by atoms with Gasteiger partial charge in [0.2, 0.25) is 0 Å². The molecule has 0 aliphatic carbocycles. The van der Waals surface area contributed by atoms with Gasteiger partial charge in [-0.1, -0.05) is 23.2 Å². The SMILES string of the molecule is C[C@@H](C(=O)O)N1CCN(c2cc(OC(F)(F)C(F)F)c(Cl)cc2Cl)C1=O. The van der Waals surface area contributed by atoms with Crippen molar-refractivity contribution < 1.29 is 37.0 Å². The maximum atomic E-state index is 13.1. The van der Waals surface area contributed by atoms with Crippen LogP contribution in [0.1, 0.15) is 6.92 Å². The third kappa shape index (κ3) is 3.90. The van der Waals surface area contributed by atoms with Crippen LogP contribution in [0.3, 0.4) is 0 Å². The lowest BCUT2D eigenvalue weighted by molar-refractivity contribution is -0.253. The van der Waals surface area contributed by atoms with E-state index in [0.717, 1.165) is 21.9 Å². The number of carbonyl (C=O) groups excluding carboxylic acids is 1. The molecule has 0 radical (unpaired) electrons. The van der Waals surface area contributed by atoms with Crippen molar-refractivity contribution in [1.29, 1.82) is 0 Å². The quantitative estimate of drug-likeness (QED) is 0.710. The van der Waals surface area contributed by atoms with Gasteiger partial charge in [-0.3, -0.25) is 4.90 Å². The molecule has 1 aromatic carbocycles. The number of hydrogen-bond acceptors (Lipinski definition) is 3. The molecule has 144 valence electrons. The van der Waals surface area contributed by atoms with Crippen molar-refractivity contribution in [3.05, 3.63) is 22.2 Å². The minimum absolute atomic E-state index is 0.00247. The lowest BCUT2D eigenvalue weighted by Gasteiger charge is -2.23. The molecule has 1 heterocycles. The average molecular weight is 419 g/mol. The topological polar surface area (TPSA) is 70.1 Å². The first-order chi connectivity index (χ1) is 12.0. The number of amides is 2. The van der Waals surface area contributed by atoms with Gasteiger partial charge in [0.05, 0.1) is 15.7 Å². The van der Waals surface area contributed by atoms with Crippen molar-refractivity contribution in [2.45, 2.75) is 25.5 Å². The number of anilines is 1. The van der Waals surface area contributed by atoms with E-state index in [0.29, 0.717) is 0 Å². The van der Waals surface area contributed by atoms with Crippen molar-refractivity contribution in [3.8, 4) is 5.75 Å². The van der Waals surface area contributed by atoms with Gasteiger partial charge in [-0.05, 0) is 13.0 Å². The number of aliphatic carboxylic acids is 1. The summed E-state index contributed by atoms with van der Waals surface area (Å²) in [7, 11) is 0. The van der Waals surface area contributed by atoms with Crippen molar-refractivity contribution in [1.82, 2.24) is 4.90 Å². The minimum atomic E-state index is -4.80. The van der Waals surface area contributed by atoms with E-state index in [1.165, 1.54) is 6.92 Å². The molecule has 1 N–H and O–H groups in total. The van der Waals surface area contributed by atoms with Crippen LogP contribution in [0.4, 0.5) is 28.0 Å². The van der Waals surface area contributed by atoms with Crippen molar-refractivity contribution in [2.24, 2.45) is 0 Å². The molecule has 1 aromatic rings. The Hall–Kier alpha value is -1.94. The first-order valence-electron chi connectivity index (χ1n) is 7.10. The summed E-state index contributed by atoms with van der Waals surface area (Å²) in [6.07, 6.45) is -8.90. The zero-order chi connectivity index (χ0) is 19.8. The number of carboxylic acid groups (broad SMARTS) is 1. The molecule has 0 spiro atoms. The zero-order valence-corrected chi connectivity index (χ0v) is 14.6. The number of hydrogen-bond donors (Lipinski definition) is 1. The van der Waals surface area contributed by atoms with Crippen LogP contribution in [-0.2, 0) is 4.79 Å². The first-order valence-corrected chi connectivity index (χ1v) is 7.86. The van der Waals surface area contributed by atoms with E-state index in [1.807, 2.05) is 0 Å². The summed E-state index contributed by atoms with van der Waals surface area (Å²) < 4.78 is 54.9. The van der Waals surface area contributed by atoms with E-state index in [9.17, 15) is 27.2 Å². The predicted molar refractivity (Wildman–Crippen MR) is 84.6 cm³/mol. The van der Waals surface area contributed by atoms with Crippen molar-refractivity contribution >= 4 is 40.9 Å². The Kier molecular flexibility index (Phi) is 5.76. The fourth-order valence-electron chi connectivity index (χ4n) is 2.26. The molecule has 26 heavy (non-hydrogen) atoms. The Morgan fingerprint density at radius 3 is 2.42 bits per heavy atom. The number of alkyl halides is 4. The van der Waals surface area contributed by atoms with Gasteiger partial charge in [-0.2, -0.15) is 17.6 Å². The minimum Gasteiger partial charge on any atom is -0.480 e. The van der Waals surface area contributed by atoms with Gasteiger partial charge in [-0.25, -0.2) is 9.59 Å². The van der Waals surface area contributed by atoms with Crippen LogP contribution in [0.15, 0.2) is 12.1 Å². The fourth-order valence-corrected chi connectivity index (χ4v) is 2.79. The molecule has 1 atom stereocenters. The molecule has 2 amide bonds. The Balaban J connectivity index is 2.35. The number of urea groups is 1. The molecule has 0 saturated carbocycles. The Labute approximate surface area is 154 Å². The lowest BCUT2D eigenvalue weighted by atomic mass is 10.2. The number of rotatable bonds is 6. The van der Waals surface area contributed by atoms with Crippen molar-refractivity contribution in [2.75, 3.05) is 18.0 Å². The summed E-state index contributed by atoms with van der Waals surface area (Å²) >= 11 is 11.7. The summed E-state index contributed by atoms with van der Waals surface area (Å²) in [5, 5.41) is 8.42. The molecular weight excluding hydrogens is 407 g/mol. The lowest BCUT2D eigenvalue weighted by Crippen LogP contribution is -2.42. The van der Waals surface area contributed by atoms with Gasteiger partial charge in [0.15, 0.2) is 0 Å². The molecule has 0 aromatic heterocycles. The molecule has 0 unspecified atom stereocenters. The standard InChI is InChI=1S/C14H12Cl2F4N2O4/c1-6(11(23)24)21-2-3-22(13(21)25)9-5-10(8(16)4-7(9)15)26-14(19,20)12(17)18/h4-6,12H,2-3H2,1H3,(H,23,24)/t6-/m0/s1. The third-order valence-corrected chi connectivity index (χ3v) is 4.26. The van der Waals surface area contributed by atoms with Crippen molar-refractivity contribution in [3.63, 3.8) is 0 Å². The maximum Gasteiger partial charge on any atom is 0.461 e. The van der Waals surface area contributed by atoms with Gasteiger partial charge in [0.25, 0.3) is 0 Å². The second-order valence-electron chi connectivity index (χ2n) is 5.34. The highest BCUT2D eigenvalue weighted by Crippen LogP contribution is 2.40. The molecule has 1 aliphatic heterocycles. The highest BCUT2D eigenvalue weighted by molar-refractivity contribution is 6.37. The van der Waals surface area contributed by atoms with Gasteiger partial charge < -0.3 is 14.7 Å². The highest BCUT2D eigenvalue weighted by atomic mass is 35.5. The monoisotopic (exact) mass is 418 g/mol. The molecule has 0 bridgehead atoms. The zero-order valence-electron chi connectivity index (χ0n) is 13.1. The van der Waals surface area contributed by atoms with E-state index < -0.39 is 41.3 Å². The fraction of sp³-hybridized carbons (Fsp3) is 0.429. The number of nitrogens with zero attached hydrogens (tertiary/aromatic N) is 2. The number of halogens is 6. The van der Waals surface area contributed by atoms with Gasteiger partial charge in [-0.15, -0.1) is 0 Å². The maximum absolute atomic E-state index is 13.1. The van der Waals surface area contributed by atoms with Gasteiger partial charge in [0, 0.05) is 19.2 Å². The average Bonchev–Trinajstić information content (AvgIpc) is 2.90. The van der Waals surface area contributed by atoms with Crippen LogP contribution < -0.4 is 9.64 Å². The smallest absolute Gasteiger partial charge is 0.461 e. The Morgan fingerprint density at radius 2 is 1.88 bits per heavy atom. The summed E-state index contributed by atoms with van der Waals surface area (Å²) in [4.78, 5) is 25.5. The molecule has 1 aliphatic rings. The Bertz CT molecular complexity index is 735. The third-order valence-electron chi connectivity index (χ3n) is 3.66. The normalized spacial score (nSPS) is 16.4.